The number of carbonyl (C=O) groups excluding carboxylic acids is 1. The Morgan fingerprint density at radius 1 is 1.45 bits per heavy atom. The lowest BCUT2D eigenvalue weighted by Gasteiger charge is -2.08. The molecule has 0 aliphatic carbocycles. The first kappa shape index (κ1) is 14.4. The van der Waals surface area contributed by atoms with E-state index in [1.54, 1.807) is 29.9 Å². The summed E-state index contributed by atoms with van der Waals surface area (Å²) >= 11 is 6.09. The number of nitrogens with zero attached hydrogens (tertiary/aromatic N) is 2. The van der Waals surface area contributed by atoms with Gasteiger partial charge in [-0.1, -0.05) is 17.7 Å². The molecule has 0 radical (unpaired) electrons. The highest BCUT2D eigenvalue weighted by atomic mass is 35.5. The van der Waals surface area contributed by atoms with E-state index in [-0.39, 0.29) is 6.61 Å². The second-order valence-corrected chi connectivity index (χ2v) is 4.99. The van der Waals surface area contributed by atoms with Crippen molar-refractivity contribution < 1.29 is 9.53 Å². The van der Waals surface area contributed by atoms with Crippen LogP contribution in [0.5, 0.6) is 0 Å². The van der Waals surface area contributed by atoms with E-state index >= 15 is 0 Å². The van der Waals surface area contributed by atoms with Gasteiger partial charge in [0.2, 0.25) is 0 Å². The fourth-order valence-electron chi connectivity index (χ4n) is 1.91. The number of aromatic nitrogens is 2. The van der Waals surface area contributed by atoms with Gasteiger partial charge >= 0.3 is 5.97 Å². The van der Waals surface area contributed by atoms with Crippen LogP contribution in [-0.4, -0.2) is 15.7 Å². The summed E-state index contributed by atoms with van der Waals surface area (Å²) in [6.45, 7) is 3.74. The van der Waals surface area contributed by atoms with E-state index in [1.807, 2.05) is 13.8 Å². The topological polar surface area (TPSA) is 70.1 Å². The number of esters is 1. The van der Waals surface area contributed by atoms with Crippen molar-refractivity contribution in [1.29, 1.82) is 0 Å². The monoisotopic (exact) mass is 293 g/mol. The summed E-state index contributed by atoms with van der Waals surface area (Å²) in [6, 6.07) is 5.14. The molecule has 5 nitrogen and oxygen atoms in total. The first-order valence-electron chi connectivity index (χ1n) is 6.11. The minimum atomic E-state index is -0.422. The number of halogens is 1. The zero-order chi connectivity index (χ0) is 14.9. The van der Waals surface area contributed by atoms with E-state index in [0.717, 1.165) is 11.3 Å². The van der Waals surface area contributed by atoms with Crippen molar-refractivity contribution >= 4 is 23.3 Å². The van der Waals surface area contributed by atoms with Crippen molar-refractivity contribution in [3.8, 4) is 0 Å². The van der Waals surface area contributed by atoms with Gasteiger partial charge in [-0.25, -0.2) is 4.79 Å². The highest BCUT2D eigenvalue weighted by Crippen LogP contribution is 2.21. The van der Waals surface area contributed by atoms with Crippen LogP contribution in [0.2, 0.25) is 5.15 Å². The lowest BCUT2D eigenvalue weighted by molar-refractivity contribution is 0.0471. The lowest BCUT2D eigenvalue weighted by atomic mass is 10.1. The molecule has 0 aliphatic heterocycles. The molecule has 1 aromatic carbocycles. The maximum Gasteiger partial charge on any atom is 0.338 e. The Bertz CT molecular complexity index is 665. The quantitative estimate of drug-likeness (QED) is 0.697. The minimum Gasteiger partial charge on any atom is -0.457 e. The van der Waals surface area contributed by atoms with E-state index in [9.17, 15) is 4.79 Å². The number of nitrogen functional groups attached to an aromatic ring is 1. The first-order valence-corrected chi connectivity index (χ1v) is 6.49. The van der Waals surface area contributed by atoms with Gasteiger partial charge in [0.15, 0.2) is 0 Å². The van der Waals surface area contributed by atoms with Gasteiger partial charge in [0, 0.05) is 18.3 Å². The van der Waals surface area contributed by atoms with Crippen LogP contribution in [0.15, 0.2) is 18.2 Å². The van der Waals surface area contributed by atoms with Gasteiger partial charge in [0.1, 0.15) is 11.8 Å². The van der Waals surface area contributed by atoms with Crippen molar-refractivity contribution in [3.63, 3.8) is 0 Å². The van der Waals surface area contributed by atoms with Crippen molar-refractivity contribution in [1.82, 2.24) is 9.78 Å². The molecule has 1 heterocycles. The molecule has 106 valence electrons. The third kappa shape index (κ3) is 2.77. The highest BCUT2D eigenvalue weighted by molar-refractivity contribution is 6.30. The molecule has 2 N–H and O–H groups in total. The van der Waals surface area contributed by atoms with Crippen molar-refractivity contribution in [3.05, 3.63) is 45.7 Å². The molecule has 0 saturated heterocycles. The number of ether oxygens (including phenoxy) is 1. The predicted molar refractivity (Wildman–Crippen MR) is 77.7 cm³/mol. The average molecular weight is 294 g/mol. The van der Waals surface area contributed by atoms with E-state index in [2.05, 4.69) is 5.10 Å². The van der Waals surface area contributed by atoms with E-state index in [0.29, 0.717) is 22.0 Å². The summed E-state index contributed by atoms with van der Waals surface area (Å²) in [7, 11) is 1.74. The van der Waals surface area contributed by atoms with Crippen molar-refractivity contribution in [2.75, 3.05) is 5.73 Å². The van der Waals surface area contributed by atoms with Crippen LogP contribution in [0.1, 0.15) is 27.2 Å². The van der Waals surface area contributed by atoms with Gasteiger partial charge in [-0.05, 0) is 31.5 Å². The van der Waals surface area contributed by atoms with Crippen LogP contribution < -0.4 is 5.73 Å². The third-order valence-electron chi connectivity index (χ3n) is 3.10. The second-order valence-electron chi connectivity index (χ2n) is 4.63. The highest BCUT2D eigenvalue weighted by Gasteiger charge is 2.15. The second kappa shape index (κ2) is 5.54. The number of aryl methyl sites for hydroxylation is 3. The predicted octanol–water partition coefficient (Wildman–Crippen LogP) is 2.63. The molecular weight excluding hydrogens is 278 g/mol. The Hall–Kier alpha value is -2.01. The van der Waals surface area contributed by atoms with Crippen LogP contribution in [0.25, 0.3) is 0 Å². The first-order chi connectivity index (χ1) is 9.40. The number of benzene rings is 1. The molecule has 2 rings (SSSR count). The lowest BCUT2D eigenvalue weighted by Crippen LogP contribution is -2.08. The average Bonchev–Trinajstić information content (AvgIpc) is 2.64. The normalized spacial score (nSPS) is 10.6. The number of carbonyl (C=O) groups is 1. The molecule has 0 fully saturated rings. The number of hydrogen-bond donors (Lipinski definition) is 1. The molecule has 0 atom stereocenters. The summed E-state index contributed by atoms with van der Waals surface area (Å²) in [5.41, 5.74) is 8.94. The zero-order valence-corrected chi connectivity index (χ0v) is 12.4. The van der Waals surface area contributed by atoms with Crippen LogP contribution in [0.4, 0.5) is 5.69 Å². The van der Waals surface area contributed by atoms with Crippen molar-refractivity contribution in [2.24, 2.45) is 7.05 Å². The molecular formula is C14H16ClN3O2. The molecule has 0 aliphatic rings. The van der Waals surface area contributed by atoms with Gasteiger partial charge in [-0.2, -0.15) is 5.10 Å². The van der Waals surface area contributed by atoms with E-state index in [1.165, 1.54) is 0 Å². The Morgan fingerprint density at radius 3 is 2.75 bits per heavy atom. The fourth-order valence-corrected chi connectivity index (χ4v) is 2.14. The molecule has 2 aromatic rings. The molecule has 0 spiro atoms. The molecule has 0 saturated carbocycles. The smallest absolute Gasteiger partial charge is 0.338 e. The van der Waals surface area contributed by atoms with Gasteiger partial charge < -0.3 is 10.5 Å². The molecule has 6 heteroatoms. The standard InChI is InChI=1S/C14H16ClN3O2/c1-8-4-5-10(16)6-11(8)14(19)20-7-12-9(2)17-18(3)13(12)15/h4-6H,7,16H2,1-3H3. The summed E-state index contributed by atoms with van der Waals surface area (Å²) < 4.78 is 6.84. The minimum absolute atomic E-state index is 0.0889. The Kier molecular flexibility index (Phi) is 3.99. The van der Waals surface area contributed by atoms with Gasteiger partial charge in [0.05, 0.1) is 11.3 Å². The maximum absolute atomic E-state index is 12.1. The van der Waals surface area contributed by atoms with E-state index in [4.69, 9.17) is 22.1 Å². The molecule has 20 heavy (non-hydrogen) atoms. The number of nitrogens with two attached hydrogens (primary N) is 1. The van der Waals surface area contributed by atoms with Crippen molar-refractivity contribution in [2.45, 2.75) is 20.5 Å². The van der Waals surface area contributed by atoms with Gasteiger partial charge in [-0.15, -0.1) is 0 Å². The zero-order valence-electron chi connectivity index (χ0n) is 11.6. The molecule has 1 aromatic heterocycles. The number of anilines is 1. The van der Waals surface area contributed by atoms with Crippen LogP contribution >= 0.6 is 11.6 Å². The molecule has 0 amide bonds. The largest absolute Gasteiger partial charge is 0.457 e. The van der Waals surface area contributed by atoms with Gasteiger partial charge in [-0.3, -0.25) is 4.68 Å². The number of hydrogen-bond acceptors (Lipinski definition) is 4. The maximum atomic E-state index is 12.1. The van der Waals surface area contributed by atoms with E-state index < -0.39 is 5.97 Å². The summed E-state index contributed by atoms with van der Waals surface area (Å²) in [5.74, 6) is -0.422. The Balaban J connectivity index is 2.15. The molecule has 0 bridgehead atoms. The Labute approximate surface area is 122 Å². The SMILES string of the molecule is Cc1ccc(N)cc1C(=O)OCc1c(C)nn(C)c1Cl. The summed E-state index contributed by atoms with van der Waals surface area (Å²) in [4.78, 5) is 12.1. The fraction of sp³-hybridized carbons (Fsp3) is 0.286. The Morgan fingerprint density at radius 2 is 2.15 bits per heavy atom. The number of rotatable bonds is 3. The summed E-state index contributed by atoms with van der Waals surface area (Å²) in [5, 5.41) is 4.64. The van der Waals surface area contributed by atoms with Crippen LogP contribution in [-0.2, 0) is 18.4 Å². The van der Waals surface area contributed by atoms with Gasteiger partial charge in [0.25, 0.3) is 0 Å². The summed E-state index contributed by atoms with van der Waals surface area (Å²) in [6.07, 6.45) is 0. The third-order valence-corrected chi connectivity index (χ3v) is 3.57. The molecule has 0 unspecified atom stereocenters. The van der Waals surface area contributed by atoms with Crippen LogP contribution in [0, 0.1) is 13.8 Å². The van der Waals surface area contributed by atoms with Crippen LogP contribution in [0.3, 0.4) is 0 Å².